The highest BCUT2D eigenvalue weighted by Crippen LogP contribution is 2.00. The number of hydrogen-bond acceptors (Lipinski definition) is 7. The predicted octanol–water partition coefficient (Wildman–Crippen LogP) is -0.0918. The molecule has 0 spiro atoms. The lowest BCUT2D eigenvalue weighted by molar-refractivity contribution is -0.128. The number of amides is 4. The number of alkyl carbamates (subject to hydrolysis) is 1. The lowest BCUT2D eigenvalue weighted by Gasteiger charge is -2.15. The molecule has 0 aliphatic rings. The number of hydrogen-bond donors (Lipinski definition) is 4. The van der Waals surface area contributed by atoms with Crippen molar-refractivity contribution in [3.63, 3.8) is 0 Å². The second-order valence-electron chi connectivity index (χ2n) is 6.37. The summed E-state index contributed by atoms with van der Waals surface area (Å²) in [6.45, 7) is 6.24. The summed E-state index contributed by atoms with van der Waals surface area (Å²) in [5.74, 6) is -0.680. The predicted molar refractivity (Wildman–Crippen MR) is 107 cm³/mol. The van der Waals surface area contributed by atoms with E-state index >= 15 is 0 Å². The van der Waals surface area contributed by atoms with Crippen molar-refractivity contribution in [3.05, 3.63) is 0 Å². The standard InChI is InChI=1S/C18H33N5O6/c1-5-13(2)12-28-18(27)21-10-11-29-22-9-8-20-16(25)7-6-15(17(26)19-4)23-14(3)24/h9,13,15H,5-8,10-12H2,1-4H3,(H,19,26)(H,20,25)(H,21,27)(H,23,24)/b22-9+/t13?,15-/m0/s1. The van der Waals surface area contributed by atoms with Crippen LogP contribution in [-0.4, -0.2) is 69.4 Å². The Hall–Kier alpha value is -2.85. The summed E-state index contributed by atoms with van der Waals surface area (Å²) in [5.41, 5.74) is 0. The zero-order valence-electron chi connectivity index (χ0n) is 17.6. The highest BCUT2D eigenvalue weighted by atomic mass is 16.6. The normalized spacial score (nSPS) is 12.6. The van der Waals surface area contributed by atoms with Gasteiger partial charge in [-0.15, -0.1) is 0 Å². The maximum atomic E-state index is 11.8. The van der Waals surface area contributed by atoms with E-state index in [0.717, 1.165) is 6.42 Å². The van der Waals surface area contributed by atoms with E-state index in [-0.39, 0.29) is 50.3 Å². The average molecular weight is 415 g/mol. The molecule has 0 bridgehead atoms. The fourth-order valence-corrected chi connectivity index (χ4v) is 1.94. The Morgan fingerprint density at radius 3 is 2.52 bits per heavy atom. The van der Waals surface area contributed by atoms with Crippen LogP contribution in [0.4, 0.5) is 4.79 Å². The Morgan fingerprint density at radius 2 is 1.90 bits per heavy atom. The van der Waals surface area contributed by atoms with Crippen molar-refractivity contribution >= 4 is 30.0 Å². The minimum Gasteiger partial charge on any atom is -0.449 e. The maximum Gasteiger partial charge on any atom is 0.407 e. The molecule has 0 aliphatic carbocycles. The summed E-state index contributed by atoms with van der Waals surface area (Å²) in [7, 11) is 1.46. The Labute approximate surface area is 171 Å². The number of nitrogens with one attached hydrogen (secondary N) is 4. The zero-order chi connectivity index (χ0) is 22.1. The summed E-state index contributed by atoms with van der Waals surface area (Å²) in [6, 6.07) is -0.760. The molecule has 2 atom stereocenters. The van der Waals surface area contributed by atoms with Gasteiger partial charge in [-0.1, -0.05) is 25.4 Å². The van der Waals surface area contributed by atoms with Gasteiger partial charge >= 0.3 is 6.09 Å². The zero-order valence-corrected chi connectivity index (χ0v) is 17.6. The molecule has 4 N–H and O–H groups in total. The van der Waals surface area contributed by atoms with Gasteiger partial charge in [-0.3, -0.25) is 14.4 Å². The molecule has 0 radical (unpaired) electrons. The monoisotopic (exact) mass is 415 g/mol. The highest BCUT2D eigenvalue weighted by molar-refractivity contribution is 5.87. The lowest BCUT2D eigenvalue weighted by Crippen LogP contribution is -2.45. The quantitative estimate of drug-likeness (QED) is 0.177. The molecular weight excluding hydrogens is 382 g/mol. The van der Waals surface area contributed by atoms with E-state index in [4.69, 9.17) is 9.57 Å². The van der Waals surface area contributed by atoms with Crippen LogP contribution in [0.5, 0.6) is 0 Å². The van der Waals surface area contributed by atoms with Gasteiger partial charge in [-0.2, -0.15) is 0 Å². The Kier molecular flexibility index (Phi) is 14.6. The fourth-order valence-electron chi connectivity index (χ4n) is 1.94. The SMILES string of the molecule is CCC(C)COC(=O)NCCO/N=C/CNC(=O)CC[C@H](NC(C)=O)C(=O)NC. The van der Waals surface area contributed by atoms with Gasteiger partial charge in [0.1, 0.15) is 12.6 Å². The maximum absolute atomic E-state index is 11.8. The molecule has 11 heteroatoms. The molecule has 0 aliphatic heterocycles. The van der Waals surface area contributed by atoms with Crippen molar-refractivity contribution in [3.8, 4) is 0 Å². The van der Waals surface area contributed by atoms with Crippen molar-refractivity contribution in [2.75, 3.05) is 33.4 Å². The van der Waals surface area contributed by atoms with Gasteiger partial charge in [0.05, 0.1) is 25.9 Å². The molecular formula is C18H33N5O6. The largest absolute Gasteiger partial charge is 0.449 e. The van der Waals surface area contributed by atoms with Crippen molar-refractivity contribution in [1.29, 1.82) is 0 Å². The van der Waals surface area contributed by atoms with Crippen LogP contribution in [0.25, 0.3) is 0 Å². The number of likely N-dealkylation sites (N-methyl/N-ethyl adjacent to an activating group) is 1. The second-order valence-corrected chi connectivity index (χ2v) is 6.37. The first-order valence-corrected chi connectivity index (χ1v) is 9.59. The van der Waals surface area contributed by atoms with Crippen molar-refractivity contribution in [2.24, 2.45) is 11.1 Å². The molecule has 0 aromatic heterocycles. The van der Waals surface area contributed by atoms with Crippen molar-refractivity contribution in [1.82, 2.24) is 21.3 Å². The van der Waals surface area contributed by atoms with E-state index in [9.17, 15) is 19.2 Å². The minimum atomic E-state index is -0.760. The molecule has 0 aromatic rings. The summed E-state index contributed by atoms with van der Waals surface area (Å²) < 4.78 is 5.01. The van der Waals surface area contributed by atoms with Gasteiger partial charge in [-0.05, 0) is 12.3 Å². The third-order valence-corrected chi connectivity index (χ3v) is 3.80. The summed E-state index contributed by atoms with van der Waals surface area (Å²) in [6.07, 6.45) is 2.04. The molecule has 4 amide bonds. The Bertz CT molecular complexity index is 555. The van der Waals surface area contributed by atoms with Gasteiger partial charge in [0.15, 0.2) is 0 Å². The fraction of sp³-hybridized carbons (Fsp3) is 0.722. The molecule has 0 fully saturated rings. The van der Waals surface area contributed by atoms with Crippen LogP contribution in [0.2, 0.25) is 0 Å². The second kappa shape index (κ2) is 16.1. The minimum absolute atomic E-state index is 0.0652. The van der Waals surface area contributed by atoms with E-state index in [1.54, 1.807) is 0 Å². The van der Waals surface area contributed by atoms with Gasteiger partial charge in [-0.25, -0.2) is 4.79 Å². The third-order valence-electron chi connectivity index (χ3n) is 3.80. The van der Waals surface area contributed by atoms with Gasteiger partial charge in [0.25, 0.3) is 0 Å². The Balaban J connectivity index is 3.83. The number of carbonyl (C=O) groups is 4. The first-order valence-electron chi connectivity index (χ1n) is 9.59. The molecule has 166 valence electrons. The van der Waals surface area contributed by atoms with Crippen LogP contribution in [0.15, 0.2) is 5.16 Å². The van der Waals surface area contributed by atoms with E-state index in [0.29, 0.717) is 12.5 Å². The number of carbonyl (C=O) groups excluding carboxylic acids is 4. The van der Waals surface area contributed by atoms with E-state index < -0.39 is 12.1 Å². The van der Waals surface area contributed by atoms with Crippen LogP contribution in [0, 0.1) is 5.92 Å². The highest BCUT2D eigenvalue weighted by Gasteiger charge is 2.19. The van der Waals surface area contributed by atoms with Gasteiger partial charge < -0.3 is 30.8 Å². The molecule has 1 unspecified atom stereocenters. The molecule has 0 saturated carbocycles. The van der Waals surface area contributed by atoms with Crippen LogP contribution in [0.1, 0.15) is 40.0 Å². The van der Waals surface area contributed by atoms with Crippen LogP contribution in [0.3, 0.4) is 0 Å². The summed E-state index contributed by atoms with van der Waals surface area (Å²) in [5, 5.41) is 13.7. The van der Waals surface area contributed by atoms with Crippen molar-refractivity contribution < 1.29 is 28.8 Å². The lowest BCUT2D eigenvalue weighted by atomic mass is 10.1. The van der Waals surface area contributed by atoms with Crippen LogP contribution < -0.4 is 21.3 Å². The van der Waals surface area contributed by atoms with E-state index in [1.165, 1.54) is 20.2 Å². The molecule has 0 saturated heterocycles. The molecule has 29 heavy (non-hydrogen) atoms. The first kappa shape index (κ1) is 26.1. The first-order chi connectivity index (χ1) is 13.8. The molecule has 0 aromatic carbocycles. The smallest absolute Gasteiger partial charge is 0.407 e. The molecule has 0 heterocycles. The van der Waals surface area contributed by atoms with Crippen LogP contribution >= 0.6 is 0 Å². The summed E-state index contributed by atoms with van der Waals surface area (Å²) in [4.78, 5) is 50.8. The molecule has 11 nitrogen and oxygen atoms in total. The van der Waals surface area contributed by atoms with Gasteiger partial charge in [0, 0.05) is 20.4 Å². The number of oxime groups is 1. The number of nitrogens with zero attached hydrogens (tertiary/aromatic N) is 1. The van der Waals surface area contributed by atoms with Crippen LogP contribution in [-0.2, 0) is 24.0 Å². The average Bonchev–Trinajstić information content (AvgIpc) is 2.70. The topological polar surface area (TPSA) is 147 Å². The Morgan fingerprint density at radius 1 is 1.17 bits per heavy atom. The third kappa shape index (κ3) is 14.8. The number of ether oxygens (including phenoxy) is 1. The van der Waals surface area contributed by atoms with E-state index in [2.05, 4.69) is 26.4 Å². The number of rotatable bonds is 14. The summed E-state index contributed by atoms with van der Waals surface area (Å²) >= 11 is 0. The van der Waals surface area contributed by atoms with E-state index in [1.807, 2.05) is 13.8 Å². The molecule has 0 rings (SSSR count). The van der Waals surface area contributed by atoms with Crippen molar-refractivity contribution in [2.45, 2.75) is 46.1 Å². The van der Waals surface area contributed by atoms with Gasteiger partial charge in [0.2, 0.25) is 17.7 Å².